The van der Waals surface area contributed by atoms with E-state index in [9.17, 15) is 0 Å². The zero-order valence-corrected chi connectivity index (χ0v) is 21.6. The number of nitrogens with zero attached hydrogens (tertiary/aromatic N) is 3. The molecule has 1 saturated carbocycles. The largest absolute Gasteiger partial charge is 0.496 e. The number of oxazole rings is 1. The SMILES string of the molecule is CCc1nn2c(-c3c(OC)cc(COC)cc3OC)c(C)oc2c1N(CC1CC1)CC1CCOC1. The van der Waals surface area contributed by atoms with Crippen LogP contribution in [0.2, 0.25) is 0 Å². The van der Waals surface area contributed by atoms with Crippen molar-refractivity contribution in [3.05, 3.63) is 29.2 Å². The van der Waals surface area contributed by atoms with E-state index in [4.69, 9.17) is 28.5 Å². The van der Waals surface area contributed by atoms with Gasteiger partial charge < -0.3 is 28.3 Å². The predicted molar refractivity (Wildman–Crippen MR) is 135 cm³/mol. The van der Waals surface area contributed by atoms with Gasteiger partial charge in [-0.2, -0.15) is 9.61 Å². The molecule has 190 valence electrons. The second kappa shape index (κ2) is 10.1. The molecule has 5 rings (SSSR count). The van der Waals surface area contributed by atoms with Crippen molar-refractivity contribution in [2.75, 3.05) is 52.5 Å². The number of methoxy groups -OCH3 is 3. The van der Waals surface area contributed by atoms with Crippen LogP contribution >= 0.6 is 0 Å². The molecule has 1 atom stereocenters. The van der Waals surface area contributed by atoms with Crippen LogP contribution in [0.3, 0.4) is 0 Å². The molecule has 1 saturated heterocycles. The quantitative estimate of drug-likeness (QED) is 0.385. The monoisotopic (exact) mass is 483 g/mol. The van der Waals surface area contributed by atoms with Gasteiger partial charge in [0.15, 0.2) is 0 Å². The summed E-state index contributed by atoms with van der Waals surface area (Å²) < 4.78 is 31.1. The zero-order valence-electron chi connectivity index (χ0n) is 21.6. The van der Waals surface area contributed by atoms with Crippen LogP contribution in [0.1, 0.15) is 43.2 Å². The van der Waals surface area contributed by atoms with Crippen molar-refractivity contribution in [3.8, 4) is 22.8 Å². The average Bonchev–Trinajstić information content (AvgIpc) is 3.24. The van der Waals surface area contributed by atoms with E-state index in [0.29, 0.717) is 24.0 Å². The van der Waals surface area contributed by atoms with E-state index in [2.05, 4.69) is 11.8 Å². The van der Waals surface area contributed by atoms with E-state index in [0.717, 1.165) is 84.7 Å². The minimum atomic E-state index is 0.472. The Bertz CT molecular complexity index is 1150. The van der Waals surface area contributed by atoms with E-state index in [1.165, 1.54) is 12.8 Å². The molecule has 1 aromatic carbocycles. The summed E-state index contributed by atoms with van der Waals surface area (Å²) in [5.41, 5.74) is 5.63. The molecule has 0 amide bonds. The van der Waals surface area contributed by atoms with Gasteiger partial charge in [0.05, 0.1) is 38.7 Å². The number of rotatable bonds is 11. The first-order valence-corrected chi connectivity index (χ1v) is 12.7. The van der Waals surface area contributed by atoms with Crippen molar-refractivity contribution in [3.63, 3.8) is 0 Å². The van der Waals surface area contributed by atoms with Crippen LogP contribution in [0, 0.1) is 18.8 Å². The summed E-state index contributed by atoms with van der Waals surface area (Å²) in [5.74, 6) is 3.48. The molecular weight excluding hydrogens is 446 g/mol. The maximum Gasteiger partial charge on any atom is 0.246 e. The van der Waals surface area contributed by atoms with Crippen LogP contribution in [0.4, 0.5) is 5.69 Å². The first kappa shape index (κ1) is 24.0. The van der Waals surface area contributed by atoms with Crippen molar-refractivity contribution >= 4 is 11.4 Å². The molecule has 0 spiro atoms. The highest BCUT2D eigenvalue weighted by atomic mass is 16.5. The van der Waals surface area contributed by atoms with Crippen LogP contribution in [0.15, 0.2) is 16.5 Å². The Kier molecular flexibility index (Phi) is 6.93. The molecule has 1 unspecified atom stereocenters. The summed E-state index contributed by atoms with van der Waals surface area (Å²) in [6.45, 7) is 8.31. The smallest absolute Gasteiger partial charge is 0.246 e. The second-order valence-electron chi connectivity index (χ2n) is 9.76. The Morgan fingerprint density at radius 2 is 1.77 bits per heavy atom. The van der Waals surface area contributed by atoms with Crippen molar-refractivity contribution in [2.24, 2.45) is 11.8 Å². The Morgan fingerprint density at radius 3 is 2.34 bits per heavy atom. The Balaban J connectivity index is 1.65. The fraction of sp³-hybridized carbons (Fsp3) is 0.593. The van der Waals surface area contributed by atoms with Gasteiger partial charge in [0.2, 0.25) is 5.71 Å². The maximum atomic E-state index is 6.48. The molecule has 2 fully saturated rings. The molecule has 2 aliphatic rings. The molecule has 0 bridgehead atoms. The topological polar surface area (TPSA) is 70.6 Å². The normalized spacial score (nSPS) is 17.9. The van der Waals surface area contributed by atoms with Gasteiger partial charge in [0.1, 0.15) is 28.6 Å². The summed E-state index contributed by atoms with van der Waals surface area (Å²) in [7, 11) is 5.03. The third kappa shape index (κ3) is 4.61. The lowest BCUT2D eigenvalue weighted by atomic mass is 10.0. The van der Waals surface area contributed by atoms with Crippen LogP contribution in [-0.4, -0.2) is 57.2 Å². The number of fused-ring (bicyclic) bond motifs is 1. The van der Waals surface area contributed by atoms with E-state index in [1.807, 2.05) is 23.6 Å². The van der Waals surface area contributed by atoms with Crippen molar-refractivity contribution in [1.29, 1.82) is 0 Å². The van der Waals surface area contributed by atoms with E-state index in [-0.39, 0.29) is 0 Å². The Hall–Kier alpha value is -2.71. The standard InChI is InChI=1S/C27H37N3O5/c1-6-21-26(29(13-18-7-8-18)14-19-9-10-34-16-19)27-30(28-21)25(17(2)35-27)24-22(32-4)11-20(15-31-3)12-23(24)33-5/h11-12,18-19H,6-10,13-16H2,1-5H3. The second-order valence-corrected chi connectivity index (χ2v) is 9.76. The molecule has 3 aromatic rings. The first-order valence-electron chi connectivity index (χ1n) is 12.7. The van der Waals surface area contributed by atoms with E-state index < -0.39 is 0 Å². The highest BCUT2D eigenvalue weighted by Crippen LogP contribution is 2.44. The lowest BCUT2D eigenvalue weighted by Gasteiger charge is -2.26. The maximum absolute atomic E-state index is 6.48. The van der Waals surface area contributed by atoms with Crippen LogP contribution in [0.25, 0.3) is 17.0 Å². The molecule has 35 heavy (non-hydrogen) atoms. The van der Waals surface area contributed by atoms with Gasteiger partial charge in [-0.15, -0.1) is 0 Å². The van der Waals surface area contributed by atoms with Gasteiger partial charge >= 0.3 is 0 Å². The van der Waals surface area contributed by atoms with Crippen molar-refractivity contribution in [2.45, 2.75) is 46.1 Å². The Labute approximate surface area is 207 Å². The number of hydrogen-bond acceptors (Lipinski definition) is 7. The number of ether oxygens (including phenoxy) is 4. The number of hydrogen-bond donors (Lipinski definition) is 0. The summed E-state index contributed by atoms with van der Waals surface area (Å²) >= 11 is 0. The van der Waals surface area contributed by atoms with Gasteiger partial charge in [-0.25, -0.2) is 0 Å². The van der Waals surface area contributed by atoms with Gasteiger partial charge in [-0.05, 0) is 56.2 Å². The van der Waals surface area contributed by atoms with Crippen molar-refractivity contribution in [1.82, 2.24) is 9.61 Å². The van der Waals surface area contributed by atoms with Crippen LogP contribution < -0.4 is 14.4 Å². The van der Waals surface area contributed by atoms with E-state index in [1.54, 1.807) is 21.3 Å². The molecule has 8 nitrogen and oxygen atoms in total. The Morgan fingerprint density at radius 1 is 1.06 bits per heavy atom. The van der Waals surface area contributed by atoms with Gasteiger partial charge in [0.25, 0.3) is 0 Å². The average molecular weight is 484 g/mol. The minimum Gasteiger partial charge on any atom is -0.496 e. The summed E-state index contributed by atoms with van der Waals surface area (Å²) in [6.07, 6.45) is 4.54. The highest BCUT2D eigenvalue weighted by Gasteiger charge is 2.33. The number of benzene rings is 1. The molecule has 8 heteroatoms. The lowest BCUT2D eigenvalue weighted by Crippen LogP contribution is -2.32. The van der Waals surface area contributed by atoms with Gasteiger partial charge in [-0.3, -0.25) is 0 Å². The lowest BCUT2D eigenvalue weighted by molar-refractivity contribution is 0.184. The van der Waals surface area contributed by atoms with Gasteiger partial charge in [0, 0.05) is 32.7 Å². The number of aromatic nitrogens is 2. The molecule has 3 heterocycles. The molecule has 2 aromatic heterocycles. The predicted octanol–water partition coefficient (Wildman–Crippen LogP) is 4.88. The molecule has 0 N–H and O–H groups in total. The zero-order chi connectivity index (χ0) is 24.5. The molecule has 0 radical (unpaired) electrons. The third-order valence-electron chi connectivity index (χ3n) is 7.13. The number of anilines is 1. The fourth-order valence-electron chi connectivity index (χ4n) is 5.22. The third-order valence-corrected chi connectivity index (χ3v) is 7.13. The molecular formula is C27H37N3O5. The summed E-state index contributed by atoms with van der Waals surface area (Å²) in [6, 6.07) is 3.98. The van der Waals surface area contributed by atoms with Gasteiger partial charge in [-0.1, -0.05) is 6.92 Å². The van der Waals surface area contributed by atoms with E-state index >= 15 is 0 Å². The van der Waals surface area contributed by atoms with Crippen molar-refractivity contribution < 1.29 is 23.4 Å². The highest BCUT2D eigenvalue weighted by molar-refractivity contribution is 5.81. The summed E-state index contributed by atoms with van der Waals surface area (Å²) in [5, 5.41) is 5.08. The summed E-state index contributed by atoms with van der Waals surface area (Å²) in [4.78, 5) is 2.51. The minimum absolute atomic E-state index is 0.472. The fourth-order valence-corrected chi connectivity index (χ4v) is 5.22. The molecule has 1 aliphatic heterocycles. The van der Waals surface area contributed by atoms with Crippen LogP contribution in [-0.2, 0) is 22.5 Å². The molecule has 1 aliphatic carbocycles. The first-order chi connectivity index (χ1) is 17.1. The number of aryl methyl sites for hydroxylation is 2. The van der Waals surface area contributed by atoms with Crippen LogP contribution in [0.5, 0.6) is 11.5 Å².